The molecule has 29 heavy (non-hydrogen) atoms. The summed E-state index contributed by atoms with van der Waals surface area (Å²) in [4.78, 5) is 14.6. The van der Waals surface area contributed by atoms with Gasteiger partial charge in [0.2, 0.25) is 5.91 Å². The van der Waals surface area contributed by atoms with E-state index in [0.717, 1.165) is 17.8 Å². The molecule has 2 aliphatic rings. The van der Waals surface area contributed by atoms with E-state index in [0.29, 0.717) is 31.0 Å². The van der Waals surface area contributed by atoms with Gasteiger partial charge >= 0.3 is 0 Å². The summed E-state index contributed by atoms with van der Waals surface area (Å²) >= 11 is 11.4. The molecule has 5 nitrogen and oxygen atoms in total. The third kappa shape index (κ3) is 3.51. The van der Waals surface area contributed by atoms with Gasteiger partial charge in [-0.3, -0.25) is 4.79 Å². The highest BCUT2D eigenvalue weighted by Crippen LogP contribution is 2.37. The van der Waals surface area contributed by atoms with E-state index in [4.69, 9.17) is 28.6 Å². The Morgan fingerprint density at radius 3 is 2.86 bits per heavy atom. The van der Waals surface area contributed by atoms with Crippen molar-refractivity contribution >= 4 is 29.7 Å². The molecule has 2 aliphatic heterocycles. The molecule has 1 aromatic carbocycles. The highest BCUT2D eigenvalue weighted by atomic mass is 35.5. The molecule has 0 spiro atoms. The maximum Gasteiger partial charge on any atom is 0.228 e. The summed E-state index contributed by atoms with van der Waals surface area (Å²) in [5.74, 6) is -1.78. The number of nitrogens with zero attached hydrogens (tertiary/aromatic N) is 3. The molecule has 0 aliphatic carbocycles. The van der Waals surface area contributed by atoms with Crippen LogP contribution in [0.3, 0.4) is 0 Å². The second-order valence-corrected chi connectivity index (χ2v) is 8.47. The van der Waals surface area contributed by atoms with Crippen LogP contribution in [0.25, 0.3) is 0 Å². The molecular weight excluding hydrogens is 420 g/mol. The number of imidazole rings is 1. The average molecular weight is 442 g/mol. The quantitative estimate of drug-likeness (QED) is 0.537. The minimum atomic E-state index is -0.726. The maximum atomic E-state index is 14.5. The molecule has 2 aromatic rings. The number of amides is 1. The van der Waals surface area contributed by atoms with Gasteiger partial charge in [0.25, 0.3) is 0 Å². The van der Waals surface area contributed by atoms with Crippen LogP contribution in [0, 0.1) is 16.4 Å². The summed E-state index contributed by atoms with van der Waals surface area (Å²) in [6.07, 6.45) is 1.41. The molecule has 3 heterocycles. The van der Waals surface area contributed by atoms with Crippen LogP contribution in [0.5, 0.6) is 0 Å². The minimum Gasteiger partial charge on any atom is -0.379 e. The van der Waals surface area contributed by atoms with Gasteiger partial charge in [0.15, 0.2) is 4.77 Å². The number of hydrogen-bond acceptors (Lipinski definition) is 3. The fraction of sp³-hybridized carbons (Fsp3) is 0.500. The molecular formula is C20H22ClF2N3O2S. The third-order valence-electron chi connectivity index (χ3n) is 6.08. The highest BCUT2D eigenvalue weighted by Gasteiger charge is 2.34. The van der Waals surface area contributed by atoms with Gasteiger partial charge in [-0.25, -0.2) is 8.78 Å². The molecule has 1 aromatic heterocycles. The number of fused-ring (bicyclic) bond motifs is 1. The topological polar surface area (TPSA) is 39.4 Å². The molecule has 4 rings (SSSR count). The highest BCUT2D eigenvalue weighted by molar-refractivity contribution is 7.71. The Morgan fingerprint density at radius 2 is 2.17 bits per heavy atom. The molecule has 0 saturated carbocycles. The van der Waals surface area contributed by atoms with Crippen molar-refractivity contribution in [2.45, 2.75) is 37.8 Å². The number of hydrogen-bond donors (Lipinski definition) is 0. The Kier molecular flexibility index (Phi) is 5.52. The lowest BCUT2D eigenvalue weighted by molar-refractivity contribution is -0.131. The predicted molar refractivity (Wildman–Crippen MR) is 108 cm³/mol. The Morgan fingerprint density at radius 1 is 1.41 bits per heavy atom. The lowest BCUT2D eigenvalue weighted by Gasteiger charge is -2.23. The van der Waals surface area contributed by atoms with E-state index in [2.05, 4.69) is 0 Å². The van der Waals surface area contributed by atoms with Gasteiger partial charge in [0, 0.05) is 50.1 Å². The monoisotopic (exact) mass is 441 g/mol. The Labute approximate surface area is 177 Å². The number of aromatic nitrogens is 2. The van der Waals surface area contributed by atoms with Crippen molar-refractivity contribution < 1.29 is 18.3 Å². The summed E-state index contributed by atoms with van der Waals surface area (Å²) in [6.45, 7) is 1.56. The SMILES string of the molecule is CN(C(=O)Cc1c2n(c(=S)n1C)C[C@H](c1c(F)ccc(Cl)c1F)C2)[C@@H]1CCOC1. The number of likely N-dealkylation sites (N-methyl/N-ethyl adjacent to an activating group) is 1. The van der Waals surface area contributed by atoms with E-state index in [1.165, 1.54) is 12.1 Å². The molecule has 1 saturated heterocycles. The summed E-state index contributed by atoms with van der Waals surface area (Å²) in [6, 6.07) is 2.48. The smallest absolute Gasteiger partial charge is 0.228 e. The van der Waals surface area contributed by atoms with E-state index >= 15 is 0 Å². The van der Waals surface area contributed by atoms with E-state index in [1.807, 2.05) is 16.2 Å². The van der Waals surface area contributed by atoms with Gasteiger partial charge in [-0.1, -0.05) is 11.6 Å². The number of carbonyl (C=O) groups is 1. The molecule has 0 bridgehead atoms. The van der Waals surface area contributed by atoms with Gasteiger partial charge in [-0.2, -0.15) is 0 Å². The normalized spacial score (nSPS) is 20.9. The first-order valence-corrected chi connectivity index (χ1v) is 10.3. The lowest BCUT2D eigenvalue weighted by atomic mass is 9.95. The first kappa shape index (κ1) is 20.5. The predicted octanol–water partition coefficient (Wildman–Crippen LogP) is 3.62. The van der Waals surface area contributed by atoms with E-state index in [1.54, 1.807) is 11.9 Å². The third-order valence-corrected chi connectivity index (χ3v) is 6.86. The van der Waals surface area contributed by atoms with Crippen molar-refractivity contribution in [1.82, 2.24) is 14.0 Å². The molecule has 0 N–H and O–H groups in total. The van der Waals surface area contributed by atoms with Crippen molar-refractivity contribution in [3.05, 3.63) is 50.5 Å². The Balaban J connectivity index is 1.62. The van der Waals surface area contributed by atoms with E-state index in [9.17, 15) is 13.6 Å². The first-order chi connectivity index (χ1) is 13.8. The molecule has 156 valence electrons. The number of rotatable bonds is 4. The zero-order valence-electron chi connectivity index (χ0n) is 16.3. The maximum absolute atomic E-state index is 14.5. The molecule has 1 amide bonds. The number of ether oxygens (including phenoxy) is 1. The molecule has 0 unspecified atom stereocenters. The van der Waals surface area contributed by atoms with Crippen LogP contribution in [0.1, 0.15) is 29.3 Å². The van der Waals surface area contributed by atoms with Crippen LogP contribution in [-0.2, 0) is 36.0 Å². The average Bonchev–Trinajstić information content (AvgIpc) is 3.41. The summed E-state index contributed by atoms with van der Waals surface area (Å²) in [7, 11) is 3.61. The van der Waals surface area contributed by atoms with Crippen molar-refractivity contribution in [2.75, 3.05) is 20.3 Å². The van der Waals surface area contributed by atoms with Gasteiger partial charge in [0.05, 0.1) is 24.1 Å². The second kappa shape index (κ2) is 7.81. The summed E-state index contributed by atoms with van der Waals surface area (Å²) < 4.78 is 38.5. The van der Waals surface area contributed by atoms with Crippen LogP contribution in [-0.4, -0.2) is 46.2 Å². The van der Waals surface area contributed by atoms with Crippen LogP contribution in [0.4, 0.5) is 8.78 Å². The van der Waals surface area contributed by atoms with Crippen molar-refractivity contribution in [2.24, 2.45) is 7.05 Å². The zero-order chi connectivity index (χ0) is 20.9. The molecule has 0 radical (unpaired) electrons. The van der Waals surface area contributed by atoms with Crippen LogP contribution in [0.2, 0.25) is 5.02 Å². The fourth-order valence-corrected chi connectivity index (χ4v) is 4.79. The molecule has 1 fully saturated rings. The number of benzene rings is 1. The van der Waals surface area contributed by atoms with Crippen LogP contribution >= 0.6 is 23.8 Å². The van der Waals surface area contributed by atoms with Gasteiger partial charge in [-0.05, 0) is 37.2 Å². The first-order valence-electron chi connectivity index (χ1n) is 9.53. The van der Waals surface area contributed by atoms with Crippen molar-refractivity contribution in [3.63, 3.8) is 0 Å². The van der Waals surface area contributed by atoms with Crippen molar-refractivity contribution in [3.8, 4) is 0 Å². The van der Waals surface area contributed by atoms with E-state index < -0.39 is 17.6 Å². The number of carbonyl (C=O) groups excluding carboxylic acids is 1. The Bertz CT molecular complexity index is 1030. The van der Waals surface area contributed by atoms with Crippen molar-refractivity contribution in [1.29, 1.82) is 0 Å². The van der Waals surface area contributed by atoms with Gasteiger partial charge < -0.3 is 18.8 Å². The zero-order valence-corrected chi connectivity index (χ0v) is 17.8. The molecule has 9 heteroatoms. The molecule has 2 atom stereocenters. The second-order valence-electron chi connectivity index (χ2n) is 7.70. The Hall–Kier alpha value is -1.77. The van der Waals surface area contributed by atoms with Gasteiger partial charge in [-0.15, -0.1) is 0 Å². The van der Waals surface area contributed by atoms with Gasteiger partial charge in [0.1, 0.15) is 11.6 Å². The largest absolute Gasteiger partial charge is 0.379 e. The summed E-state index contributed by atoms with van der Waals surface area (Å²) in [5, 5.41) is -0.0991. The minimum absolute atomic E-state index is 0.0178. The summed E-state index contributed by atoms with van der Waals surface area (Å²) in [5.41, 5.74) is 1.62. The fourth-order valence-electron chi connectivity index (χ4n) is 4.33. The van der Waals surface area contributed by atoms with Crippen LogP contribution < -0.4 is 0 Å². The van der Waals surface area contributed by atoms with E-state index in [-0.39, 0.29) is 29.0 Å². The lowest BCUT2D eigenvalue weighted by Crippen LogP contribution is -2.38. The standard InChI is InChI=1S/C20H22ClF2N3O2S/c1-24(12-5-6-28-10-12)17(27)8-15-16-7-11(9-26(16)20(29)25(15)2)18-14(22)4-3-13(21)19(18)23/h3-4,11-12H,5-10H2,1-2H3/t11-,12-/m1/s1. The number of halogens is 3. The van der Waals surface area contributed by atoms with Crippen LogP contribution in [0.15, 0.2) is 12.1 Å².